The molecule has 0 saturated carbocycles. The molecule has 1 N–H and O–H groups in total. The minimum atomic E-state index is 0.760. The Balaban J connectivity index is 1.68. The maximum atomic E-state index is 4.24. The van der Waals surface area contributed by atoms with Crippen LogP contribution < -0.4 is 5.32 Å². The summed E-state index contributed by atoms with van der Waals surface area (Å²) in [6, 6.07) is 2.77. The zero-order valence-corrected chi connectivity index (χ0v) is 12.7. The Morgan fingerprint density at radius 1 is 1.42 bits per heavy atom. The predicted molar refractivity (Wildman–Crippen MR) is 81.8 cm³/mol. The van der Waals surface area contributed by atoms with Crippen LogP contribution in [0, 0.1) is 0 Å². The van der Waals surface area contributed by atoms with Crippen LogP contribution in [-0.4, -0.2) is 46.8 Å². The number of hydrogen-bond donors (Lipinski definition) is 1. The fraction of sp³-hybridized carbons (Fsp3) is 0.714. The van der Waals surface area contributed by atoms with E-state index in [9.17, 15) is 0 Å². The summed E-state index contributed by atoms with van der Waals surface area (Å²) in [6.45, 7) is 5.79. The summed E-state index contributed by atoms with van der Waals surface area (Å²) in [5.74, 6) is 0.936. The van der Waals surface area contributed by atoms with Crippen molar-refractivity contribution in [2.24, 2.45) is 0 Å². The maximum Gasteiger partial charge on any atom is 0.130 e. The van der Waals surface area contributed by atoms with Crippen LogP contribution in [-0.2, 0) is 0 Å². The third-order valence-electron chi connectivity index (χ3n) is 3.72. The minimum Gasteiger partial charge on any atom is -0.370 e. The van der Waals surface area contributed by atoms with E-state index in [1.54, 1.807) is 18.1 Å². The summed E-state index contributed by atoms with van der Waals surface area (Å²) in [6.07, 6.45) is 8.94. The van der Waals surface area contributed by atoms with Crippen molar-refractivity contribution in [3.8, 4) is 0 Å². The summed E-state index contributed by atoms with van der Waals surface area (Å²) < 4.78 is 0. The highest BCUT2D eigenvalue weighted by Gasteiger charge is 2.16. The molecular weight excluding hydrogens is 256 g/mol. The summed E-state index contributed by atoms with van der Waals surface area (Å²) in [4.78, 5) is 11.0. The zero-order chi connectivity index (χ0) is 13.5. The number of hydrogen-bond acceptors (Lipinski definition) is 5. The van der Waals surface area contributed by atoms with Gasteiger partial charge in [-0.15, -0.1) is 11.8 Å². The molecule has 1 fully saturated rings. The molecule has 1 aliphatic rings. The van der Waals surface area contributed by atoms with Gasteiger partial charge in [0.25, 0.3) is 0 Å². The average molecular weight is 280 g/mol. The van der Waals surface area contributed by atoms with Gasteiger partial charge in [0.2, 0.25) is 0 Å². The lowest BCUT2D eigenvalue weighted by Crippen LogP contribution is -2.38. The van der Waals surface area contributed by atoms with Crippen LogP contribution in [0.2, 0.25) is 0 Å². The summed E-state index contributed by atoms with van der Waals surface area (Å²) in [7, 11) is 0. The summed E-state index contributed by atoms with van der Waals surface area (Å²) in [5, 5.41) is 4.40. The van der Waals surface area contributed by atoms with Gasteiger partial charge in [-0.2, -0.15) is 0 Å². The van der Waals surface area contributed by atoms with Crippen molar-refractivity contribution in [3.05, 3.63) is 12.4 Å². The van der Waals surface area contributed by atoms with Crippen LogP contribution in [0.4, 0.5) is 5.82 Å². The maximum absolute atomic E-state index is 4.24. The number of piperidine rings is 1. The lowest BCUT2D eigenvalue weighted by molar-refractivity contribution is 0.160. The highest BCUT2D eigenvalue weighted by molar-refractivity contribution is 7.98. The summed E-state index contributed by atoms with van der Waals surface area (Å²) >= 11 is 1.65. The Morgan fingerprint density at radius 2 is 2.32 bits per heavy atom. The van der Waals surface area contributed by atoms with Crippen molar-refractivity contribution < 1.29 is 0 Å². The molecule has 0 aliphatic carbocycles. The molecule has 0 aromatic carbocycles. The second-order valence-corrected chi connectivity index (χ2v) is 5.93. The SMILES string of the molecule is CSc1cc(NCCCN2CCCCC2C)ncn1. The van der Waals surface area contributed by atoms with Gasteiger partial charge in [0.05, 0.1) is 0 Å². The van der Waals surface area contributed by atoms with Crippen molar-refractivity contribution >= 4 is 17.6 Å². The highest BCUT2D eigenvalue weighted by Crippen LogP contribution is 2.16. The first kappa shape index (κ1) is 14.6. The Morgan fingerprint density at radius 3 is 3.11 bits per heavy atom. The monoisotopic (exact) mass is 280 g/mol. The molecule has 1 saturated heterocycles. The van der Waals surface area contributed by atoms with E-state index in [1.807, 2.05) is 12.3 Å². The molecule has 4 nitrogen and oxygen atoms in total. The van der Waals surface area contributed by atoms with Gasteiger partial charge in [-0.1, -0.05) is 6.42 Å². The van der Waals surface area contributed by atoms with E-state index in [1.165, 1.54) is 38.8 Å². The van der Waals surface area contributed by atoms with Crippen molar-refractivity contribution in [2.45, 2.75) is 43.7 Å². The van der Waals surface area contributed by atoms with Gasteiger partial charge in [0, 0.05) is 25.2 Å². The molecule has 1 atom stereocenters. The van der Waals surface area contributed by atoms with Gasteiger partial charge in [-0.25, -0.2) is 9.97 Å². The number of nitrogens with zero attached hydrogens (tertiary/aromatic N) is 3. The van der Waals surface area contributed by atoms with Gasteiger partial charge in [-0.05, 0) is 39.0 Å². The molecule has 1 unspecified atom stereocenters. The van der Waals surface area contributed by atoms with E-state index in [4.69, 9.17) is 0 Å². The molecule has 1 aromatic rings. The third-order valence-corrected chi connectivity index (χ3v) is 4.36. The second-order valence-electron chi connectivity index (χ2n) is 5.11. The minimum absolute atomic E-state index is 0.760. The number of aromatic nitrogens is 2. The van der Waals surface area contributed by atoms with Gasteiger partial charge in [0.15, 0.2) is 0 Å². The molecular formula is C14H24N4S. The van der Waals surface area contributed by atoms with Crippen molar-refractivity contribution in [1.82, 2.24) is 14.9 Å². The topological polar surface area (TPSA) is 41.0 Å². The standard InChI is InChI=1S/C14H24N4S/c1-12-6-3-4-8-18(12)9-5-7-15-13-10-14(19-2)17-11-16-13/h10-12H,3-9H2,1-2H3,(H,15,16,17). The van der Waals surface area contributed by atoms with Gasteiger partial charge in [0.1, 0.15) is 17.2 Å². The number of anilines is 1. The summed E-state index contributed by atoms with van der Waals surface area (Å²) in [5.41, 5.74) is 0. The molecule has 0 spiro atoms. The van der Waals surface area contributed by atoms with Gasteiger partial charge in [-0.3, -0.25) is 0 Å². The molecule has 106 valence electrons. The van der Waals surface area contributed by atoms with Crippen LogP contribution in [0.5, 0.6) is 0 Å². The quantitative estimate of drug-likeness (QED) is 0.493. The van der Waals surface area contributed by atoms with E-state index in [0.717, 1.165) is 23.4 Å². The van der Waals surface area contributed by atoms with E-state index < -0.39 is 0 Å². The zero-order valence-electron chi connectivity index (χ0n) is 11.9. The molecule has 0 amide bonds. The highest BCUT2D eigenvalue weighted by atomic mass is 32.2. The van der Waals surface area contributed by atoms with Crippen LogP contribution in [0.3, 0.4) is 0 Å². The van der Waals surface area contributed by atoms with E-state index in [-0.39, 0.29) is 0 Å². The van der Waals surface area contributed by atoms with Crippen LogP contribution in [0.1, 0.15) is 32.6 Å². The predicted octanol–water partition coefficient (Wildman–Crippen LogP) is 2.87. The molecule has 0 radical (unpaired) electrons. The Bertz CT molecular complexity index is 385. The smallest absolute Gasteiger partial charge is 0.130 e. The van der Waals surface area contributed by atoms with Gasteiger partial charge >= 0.3 is 0 Å². The van der Waals surface area contributed by atoms with Crippen LogP contribution in [0.15, 0.2) is 17.4 Å². The number of nitrogens with one attached hydrogen (secondary N) is 1. The Hall–Kier alpha value is -0.810. The molecule has 5 heteroatoms. The van der Waals surface area contributed by atoms with Crippen LogP contribution in [0.25, 0.3) is 0 Å². The van der Waals surface area contributed by atoms with Crippen LogP contribution >= 0.6 is 11.8 Å². The van der Waals surface area contributed by atoms with Gasteiger partial charge < -0.3 is 10.2 Å². The molecule has 2 heterocycles. The lowest BCUT2D eigenvalue weighted by atomic mass is 10.0. The Labute approximate surface area is 120 Å². The molecule has 1 aromatic heterocycles. The molecule has 19 heavy (non-hydrogen) atoms. The number of rotatable bonds is 6. The average Bonchev–Trinajstić information content (AvgIpc) is 2.45. The number of thioether (sulfide) groups is 1. The fourth-order valence-electron chi connectivity index (χ4n) is 2.54. The number of likely N-dealkylation sites (tertiary alicyclic amines) is 1. The normalized spacial score (nSPS) is 20.4. The lowest BCUT2D eigenvalue weighted by Gasteiger charge is -2.33. The fourth-order valence-corrected chi connectivity index (χ4v) is 2.92. The molecule has 2 rings (SSSR count). The first-order valence-corrected chi connectivity index (χ1v) is 8.36. The molecule has 1 aliphatic heterocycles. The third kappa shape index (κ3) is 4.66. The van der Waals surface area contributed by atoms with E-state index >= 15 is 0 Å². The Kier molecular flexibility index (Phi) is 5.92. The van der Waals surface area contributed by atoms with E-state index in [0.29, 0.717) is 0 Å². The van der Waals surface area contributed by atoms with Crippen molar-refractivity contribution in [2.75, 3.05) is 31.2 Å². The second kappa shape index (κ2) is 7.70. The van der Waals surface area contributed by atoms with Crippen molar-refractivity contribution in [1.29, 1.82) is 0 Å². The first-order chi connectivity index (χ1) is 9.29. The van der Waals surface area contributed by atoms with Crippen molar-refractivity contribution in [3.63, 3.8) is 0 Å². The van der Waals surface area contributed by atoms with E-state index in [2.05, 4.69) is 27.1 Å². The first-order valence-electron chi connectivity index (χ1n) is 7.13. The largest absolute Gasteiger partial charge is 0.370 e. The molecule has 0 bridgehead atoms.